The number of carboxylic acid groups (broad SMARTS) is 1. The van der Waals surface area contributed by atoms with Crippen LogP contribution in [0.25, 0.3) is 0 Å². The Morgan fingerprint density at radius 2 is 2.13 bits per heavy atom. The molecule has 1 rings (SSSR count). The van der Waals surface area contributed by atoms with Gasteiger partial charge in [0.15, 0.2) is 5.75 Å². The molecule has 4 heteroatoms. The van der Waals surface area contributed by atoms with E-state index in [1.165, 1.54) is 12.1 Å². The number of rotatable bonds is 5. The van der Waals surface area contributed by atoms with E-state index in [0.717, 1.165) is 6.42 Å². The number of aromatic carboxylic acids is 1. The third kappa shape index (κ3) is 3.25. The molecule has 0 saturated heterocycles. The predicted molar refractivity (Wildman–Crippen MR) is 52.2 cm³/mol. The highest BCUT2D eigenvalue weighted by Gasteiger charge is 2.06. The lowest BCUT2D eigenvalue weighted by Crippen LogP contribution is -2.23. The van der Waals surface area contributed by atoms with Crippen LogP contribution >= 0.6 is 0 Å². The maximum Gasteiger partial charge on any atom is 0.174 e. The van der Waals surface area contributed by atoms with Crippen LogP contribution in [0.4, 0.5) is 0 Å². The fraction of sp³-hybridized carbons (Fsp3) is 0.364. The SMILES string of the molecule is CCC(C)OOc1ccccc1C(=O)[O-]. The van der Waals surface area contributed by atoms with Crippen LogP contribution in [0.5, 0.6) is 5.75 Å². The first-order chi connectivity index (χ1) is 7.15. The average Bonchev–Trinajstić information content (AvgIpc) is 2.26. The Bertz CT molecular complexity index is 335. The summed E-state index contributed by atoms with van der Waals surface area (Å²) in [5.74, 6) is -1.11. The molecule has 0 N–H and O–H groups in total. The zero-order valence-electron chi connectivity index (χ0n) is 8.73. The highest BCUT2D eigenvalue weighted by atomic mass is 17.2. The maximum absolute atomic E-state index is 10.7. The second kappa shape index (κ2) is 5.36. The minimum absolute atomic E-state index is 0.0131. The molecule has 0 spiro atoms. The average molecular weight is 209 g/mol. The van der Waals surface area contributed by atoms with Crippen molar-refractivity contribution in [1.82, 2.24) is 0 Å². The molecule has 15 heavy (non-hydrogen) atoms. The molecular formula is C11H13O4-. The molecule has 0 aliphatic heterocycles. The minimum atomic E-state index is -1.28. The van der Waals surface area contributed by atoms with Crippen LogP contribution in [0, 0.1) is 0 Å². The summed E-state index contributed by atoms with van der Waals surface area (Å²) in [5, 5.41) is 10.7. The van der Waals surface area contributed by atoms with Gasteiger partial charge in [-0.2, -0.15) is 4.89 Å². The van der Waals surface area contributed by atoms with E-state index in [2.05, 4.69) is 0 Å². The van der Waals surface area contributed by atoms with E-state index in [0.29, 0.717) is 0 Å². The number of carbonyl (C=O) groups excluding carboxylic acids is 1. The van der Waals surface area contributed by atoms with E-state index in [9.17, 15) is 9.90 Å². The van der Waals surface area contributed by atoms with Gasteiger partial charge in [-0.15, -0.1) is 0 Å². The van der Waals surface area contributed by atoms with Gasteiger partial charge in [-0.05, 0) is 25.5 Å². The van der Waals surface area contributed by atoms with E-state index in [4.69, 9.17) is 9.78 Å². The summed E-state index contributed by atoms with van der Waals surface area (Å²) in [6.45, 7) is 3.78. The molecule has 0 aliphatic rings. The second-order valence-corrected chi connectivity index (χ2v) is 3.18. The van der Waals surface area contributed by atoms with Gasteiger partial charge in [-0.25, -0.2) is 0 Å². The summed E-state index contributed by atoms with van der Waals surface area (Å²) in [6.07, 6.45) is 0.702. The van der Waals surface area contributed by atoms with Crippen LogP contribution < -0.4 is 9.99 Å². The van der Waals surface area contributed by atoms with Crippen LogP contribution in [0.1, 0.15) is 30.6 Å². The third-order valence-electron chi connectivity index (χ3n) is 1.98. The fourth-order valence-corrected chi connectivity index (χ4v) is 0.910. The Balaban J connectivity index is 2.72. The standard InChI is InChI=1S/C11H14O4/c1-3-8(2)14-15-10-7-5-4-6-9(10)11(12)13/h4-8H,3H2,1-2H3,(H,12,13)/p-1. The maximum atomic E-state index is 10.7. The van der Waals surface area contributed by atoms with Crippen LogP contribution in [0.3, 0.4) is 0 Å². The van der Waals surface area contributed by atoms with Gasteiger partial charge in [-0.1, -0.05) is 19.1 Å². The van der Waals surface area contributed by atoms with Crippen molar-refractivity contribution < 1.29 is 19.7 Å². The smallest absolute Gasteiger partial charge is 0.174 e. The molecule has 0 aromatic heterocycles. The summed E-state index contributed by atoms with van der Waals surface area (Å²) in [4.78, 5) is 20.6. The molecule has 0 bridgehead atoms. The lowest BCUT2D eigenvalue weighted by molar-refractivity contribution is -0.258. The molecule has 1 aromatic carbocycles. The molecule has 82 valence electrons. The van der Waals surface area contributed by atoms with Gasteiger partial charge in [0.25, 0.3) is 0 Å². The molecule has 0 amide bonds. The van der Waals surface area contributed by atoms with Crippen molar-refractivity contribution in [3.05, 3.63) is 29.8 Å². The molecule has 0 aliphatic carbocycles. The third-order valence-corrected chi connectivity index (χ3v) is 1.98. The van der Waals surface area contributed by atoms with Crippen molar-refractivity contribution in [2.24, 2.45) is 0 Å². The molecular weight excluding hydrogens is 196 g/mol. The van der Waals surface area contributed by atoms with Crippen LogP contribution in [0.15, 0.2) is 24.3 Å². The molecule has 1 aromatic rings. The van der Waals surface area contributed by atoms with Gasteiger partial charge in [-0.3, -0.25) is 0 Å². The zero-order chi connectivity index (χ0) is 11.3. The Kier molecular flexibility index (Phi) is 4.12. The van der Waals surface area contributed by atoms with E-state index in [1.54, 1.807) is 12.1 Å². The molecule has 1 atom stereocenters. The van der Waals surface area contributed by atoms with Gasteiger partial charge < -0.3 is 14.8 Å². The summed E-state index contributed by atoms with van der Waals surface area (Å²) in [7, 11) is 0. The molecule has 0 fully saturated rings. The lowest BCUT2D eigenvalue weighted by atomic mass is 10.2. The molecule has 4 nitrogen and oxygen atoms in total. The van der Waals surface area contributed by atoms with Crippen molar-refractivity contribution in [3.63, 3.8) is 0 Å². The van der Waals surface area contributed by atoms with E-state index >= 15 is 0 Å². The summed E-state index contributed by atoms with van der Waals surface area (Å²) < 4.78 is 0. The van der Waals surface area contributed by atoms with E-state index < -0.39 is 5.97 Å². The van der Waals surface area contributed by atoms with Crippen molar-refractivity contribution in [1.29, 1.82) is 0 Å². The Hall–Kier alpha value is -1.55. The highest BCUT2D eigenvalue weighted by molar-refractivity contribution is 5.89. The van der Waals surface area contributed by atoms with Gasteiger partial charge in [0.05, 0.1) is 5.97 Å². The predicted octanol–water partition coefficient (Wildman–Crippen LogP) is 1.16. The first-order valence-electron chi connectivity index (χ1n) is 4.78. The first kappa shape index (κ1) is 11.5. The van der Waals surface area contributed by atoms with Crippen LogP contribution in [0.2, 0.25) is 0 Å². The molecule has 0 saturated carbocycles. The fourth-order valence-electron chi connectivity index (χ4n) is 0.910. The topological polar surface area (TPSA) is 58.6 Å². The van der Waals surface area contributed by atoms with Crippen molar-refractivity contribution in [3.8, 4) is 5.75 Å². The number of hydrogen-bond acceptors (Lipinski definition) is 4. The Labute approximate surface area is 88.4 Å². The lowest BCUT2D eigenvalue weighted by Gasteiger charge is -2.13. The van der Waals surface area contributed by atoms with Crippen LogP contribution in [-0.2, 0) is 4.89 Å². The second-order valence-electron chi connectivity index (χ2n) is 3.18. The van der Waals surface area contributed by atoms with Gasteiger partial charge in [0.1, 0.15) is 6.10 Å². The Morgan fingerprint density at radius 3 is 2.73 bits per heavy atom. The zero-order valence-corrected chi connectivity index (χ0v) is 8.73. The summed E-state index contributed by atoms with van der Waals surface area (Å²) >= 11 is 0. The monoisotopic (exact) mass is 209 g/mol. The number of hydrogen-bond donors (Lipinski definition) is 0. The highest BCUT2D eigenvalue weighted by Crippen LogP contribution is 2.17. The molecule has 0 heterocycles. The number of carbonyl (C=O) groups is 1. The Morgan fingerprint density at radius 1 is 1.47 bits per heavy atom. The summed E-state index contributed by atoms with van der Waals surface area (Å²) in [5.41, 5.74) is -0.0131. The van der Waals surface area contributed by atoms with E-state index in [1.807, 2.05) is 13.8 Å². The quantitative estimate of drug-likeness (QED) is 0.539. The van der Waals surface area contributed by atoms with Crippen LogP contribution in [-0.4, -0.2) is 12.1 Å². The van der Waals surface area contributed by atoms with Crippen molar-refractivity contribution >= 4 is 5.97 Å². The summed E-state index contributed by atoms with van der Waals surface area (Å²) in [6, 6.07) is 6.20. The largest absolute Gasteiger partial charge is 0.545 e. The number of para-hydroxylation sites is 1. The van der Waals surface area contributed by atoms with Crippen molar-refractivity contribution in [2.75, 3.05) is 0 Å². The normalized spacial score (nSPS) is 12.1. The molecule has 0 radical (unpaired) electrons. The first-order valence-corrected chi connectivity index (χ1v) is 4.78. The number of benzene rings is 1. The van der Waals surface area contributed by atoms with E-state index in [-0.39, 0.29) is 17.4 Å². The van der Waals surface area contributed by atoms with Gasteiger partial charge in [0.2, 0.25) is 0 Å². The van der Waals surface area contributed by atoms with Gasteiger partial charge >= 0.3 is 0 Å². The molecule has 1 unspecified atom stereocenters. The minimum Gasteiger partial charge on any atom is -0.545 e. The van der Waals surface area contributed by atoms with Gasteiger partial charge in [0, 0.05) is 5.56 Å². The number of carboxylic acids is 1. The van der Waals surface area contributed by atoms with Crippen molar-refractivity contribution in [2.45, 2.75) is 26.4 Å².